The molecule has 0 unspecified atom stereocenters. The first-order valence-electron chi connectivity index (χ1n) is 4.32. The van der Waals surface area contributed by atoms with Gasteiger partial charge in [-0.2, -0.15) is 5.10 Å². The lowest BCUT2D eigenvalue weighted by Gasteiger charge is -2.23. The molecule has 0 aromatic carbocycles. The maximum atomic E-state index is 9.00. The molecule has 0 radical (unpaired) electrons. The predicted molar refractivity (Wildman–Crippen MR) is 56.8 cm³/mol. The Morgan fingerprint density at radius 3 is 2.33 bits per heavy atom. The highest BCUT2D eigenvalue weighted by molar-refractivity contribution is 5.84. The lowest BCUT2D eigenvalue weighted by molar-refractivity contribution is -0.134. The van der Waals surface area contributed by atoms with E-state index in [1.54, 1.807) is 17.1 Å². The topological polar surface area (TPSA) is 105 Å². The van der Waals surface area contributed by atoms with Crippen molar-refractivity contribution < 1.29 is 9.90 Å². The predicted octanol–water partition coefficient (Wildman–Crippen LogP) is 0.645. The molecule has 0 spiro atoms. The Bertz CT molecular complexity index is 326. The van der Waals surface area contributed by atoms with Gasteiger partial charge in [0.05, 0.1) is 0 Å². The fraction of sp³-hybridized carbons (Fsp3) is 0.444. The van der Waals surface area contributed by atoms with Gasteiger partial charge in [-0.25, -0.2) is 0 Å². The number of nitrogens with two attached hydrogens (primary N) is 1. The van der Waals surface area contributed by atoms with Crippen LogP contribution in [0.2, 0.25) is 0 Å². The molecular weight excluding hydrogens is 196 g/mol. The quantitative estimate of drug-likeness (QED) is 0.494. The zero-order valence-corrected chi connectivity index (χ0v) is 9.06. The number of aromatic nitrogens is 2. The van der Waals surface area contributed by atoms with Crippen LogP contribution in [0, 0.1) is 5.41 Å². The fourth-order valence-corrected chi connectivity index (χ4v) is 0.723. The Morgan fingerprint density at radius 1 is 1.60 bits per heavy atom. The number of nitrogens with zero attached hydrogens (tertiary/aromatic N) is 2. The molecule has 0 aliphatic carbocycles. The number of carboxylic acids is 1. The number of rotatable bonds is 2. The van der Waals surface area contributed by atoms with Crippen molar-refractivity contribution in [3.8, 4) is 0 Å². The van der Waals surface area contributed by atoms with E-state index in [2.05, 4.69) is 5.10 Å². The zero-order chi connectivity index (χ0) is 12.1. The second-order valence-electron chi connectivity index (χ2n) is 3.44. The summed E-state index contributed by atoms with van der Waals surface area (Å²) >= 11 is 0. The summed E-state index contributed by atoms with van der Waals surface area (Å²) in [5.41, 5.74) is 4.87. The first-order chi connectivity index (χ1) is 6.78. The minimum absolute atomic E-state index is 0.112. The van der Waals surface area contributed by atoms with Gasteiger partial charge >= 0.3 is 0 Å². The first-order valence-corrected chi connectivity index (χ1v) is 4.32. The van der Waals surface area contributed by atoms with Gasteiger partial charge in [0.2, 0.25) is 0 Å². The number of hydrogen-bond donors (Lipinski definition) is 3. The SMILES string of the molecule is CC(=O)O.CC(C)(C(=N)N)n1cccn1. The second kappa shape index (κ2) is 5.14. The fourth-order valence-electron chi connectivity index (χ4n) is 0.723. The van der Waals surface area contributed by atoms with Crippen molar-refractivity contribution in [2.24, 2.45) is 5.73 Å². The van der Waals surface area contributed by atoms with E-state index < -0.39 is 11.5 Å². The van der Waals surface area contributed by atoms with E-state index in [0.29, 0.717) is 0 Å². The van der Waals surface area contributed by atoms with Gasteiger partial charge < -0.3 is 10.8 Å². The maximum Gasteiger partial charge on any atom is 0.300 e. The van der Waals surface area contributed by atoms with Gasteiger partial charge in [-0.3, -0.25) is 14.9 Å². The lowest BCUT2D eigenvalue weighted by atomic mass is 10.1. The third-order valence-electron chi connectivity index (χ3n) is 1.74. The number of carboxylic acid groups (broad SMARTS) is 1. The number of nitrogens with one attached hydrogen (secondary N) is 1. The Kier molecular flexibility index (Phi) is 4.50. The van der Waals surface area contributed by atoms with Crippen molar-refractivity contribution in [2.75, 3.05) is 0 Å². The van der Waals surface area contributed by atoms with Crippen LogP contribution >= 0.6 is 0 Å². The van der Waals surface area contributed by atoms with Crippen molar-refractivity contribution in [3.63, 3.8) is 0 Å². The molecule has 6 heteroatoms. The van der Waals surface area contributed by atoms with E-state index in [0.717, 1.165) is 6.92 Å². The maximum absolute atomic E-state index is 9.00. The summed E-state index contributed by atoms with van der Waals surface area (Å²) < 4.78 is 1.66. The van der Waals surface area contributed by atoms with Crippen molar-refractivity contribution in [3.05, 3.63) is 18.5 Å². The zero-order valence-electron chi connectivity index (χ0n) is 9.06. The van der Waals surface area contributed by atoms with Gasteiger partial charge in [-0.1, -0.05) is 0 Å². The van der Waals surface area contributed by atoms with Gasteiger partial charge in [0, 0.05) is 19.3 Å². The highest BCUT2D eigenvalue weighted by atomic mass is 16.4. The van der Waals surface area contributed by atoms with E-state index in [-0.39, 0.29) is 5.84 Å². The van der Waals surface area contributed by atoms with E-state index in [1.165, 1.54) is 0 Å². The summed E-state index contributed by atoms with van der Waals surface area (Å²) in [4.78, 5) is 9.00. The van der Waals surface area contributed by atoms with E-state index in [1.807, 2.05) is 19.9 Å². The highest BCUT2D eigenvalue weighted by Crippen LogP contribution is 2.11. The normalized spacial score (nSPS) is 10.1. The molecule has 0 fully saturated rings. The van der Waals surface area contributed by atoms with Crippen molar-refractivity contribution in [1.29, 1.82) is 5.41 Å². The van der Waals surface area contributed by atoms with Crippen LogP contribution in [0.1, 0.15) is 20.8 Å². The van der Waals surface area contributed by atoms with Crippen LogP contribution in [0.15, 0.2) is 18.5 Å². The molecule has 6 nitrogen and oxygen atoms in total. The molecule has 1 heterocycles. The lowest BCUT2D eigenvalue weighted by Crippen LogP contribution is -2.40. The standard InChI is InChI=1S/C7H12N4.C2H4O2/c1-7(2,6(8)9)11-5-3-4-10-11;1-2(3)4/h3-5H,1-2H3,(H3,8,9);1H3,(H,3,4). The minimum Gasteiger partial charge on any atom is -0.481 e. The van der Waals surface area contributed by atoms with E-state index >= 15 is 0 Å². The summed E-state index contributed by atoms with van der Waals surface area (Å²) in [5.74, 6) is -0.721. The average Bonchev–Trinajstić information content (AvgIpc) is 2.54. The van der Waals surface area contributed by atoms with Crippen LogP contribution in [-0.4, -0.2) is 26.7 Å². The minimum atomic E-state index is -0.833. The molecule has 0 aliphatic rings. The molecule has 15 heavy (non-hydrogen) atoms. The molecule has 0 atom stereocenters. The van der Waals surface area contributed by atoms with Crippen LogP contribution in [0.3, 0.4) is 0 Å². The molecule has 1 rings (SSSR count). The first kappa shape index (κ1) is 13.2. The van der Waals surface area contributed by atoms with Gasteiger partial charge in [0.25, 0.3) is 5.97 Å². The van der Waals surface area contributed by atoms with Gasteiger partial charge in [-0.15, -0.1) is 0 Å². The number of amidine groups is 1. The van der Waals surface area contributed by atoms with E-state index in [9.17, 15) is 0 Å². The molecule has 84 valence electrons. The largest absolute Gasteiger partial charge is 0.481 e. The highest BCUT2D eigenvalue weighted by Gasteiger charge is 2.23. The van der Waals surface area contributed by atoms with Gasteiger partial charge in [0.1, 0.15) is 11.4 Å². The van der Waals surface area contributed by atoms with Crippen LogP contribution in [-0.2, 0) is 10.3 Å². The summed E-state index contributed by atoms with van der Waals surface area (Å²) in [7, 11) is 0. The number of carbonyl (C=O) groups is 1. The molecule has 0 aliphatic heterocycles. The summed E-state index contributed by atoms with van der Waals surface area (Å²) in [6, 6.07) is 1.81. The molecule has 4 N–H and O–H groups in total. The molecule has 1 aromatic rings. The Hall–Kier alpha value is -1.85. The third-order valence-corrected chi connectivity index (χ3v) is 1.74. The number of aliphatic carboxylic acids is 1. The Balaban J connectivity index is 0.000000423. The van der Waals surface area contributed by atoms with Crippen LogP contribution in [0.5, 0.6) is 0 Å². The molecule has 0 saturated carbocycles. The smallest absolute Gasteiger partial charge is 0.300 e. The molecule has 0 saturated heterocycles. The molecular formula is C9H16N4O2. The molecule has 0 bridgehead atoms. The molecule has 1 aromatic heterocycles. The third kappa shape index (κ3) is 4.26. The van der Waals surface area contributed by atoms with Crippen LogP contribution < -0.4 is 5.73 Å². The summed E-state index contributed by atoms with van der Waals surface area (Å²) in [6.45, 7) is 4.78. The van der Waals surface area contributed by atoms with Gasteiger partial charge in [-0.05, 0) is 19.9 Å². The van der Waals surface area contributed by atoms with Crippen molar-refractivity contribution >= 4 is 11.8 Å². The Morgan fingerprint density at radius 2 is 2.07 bits per heavy atom. The summed E-state index contributed by atoms with van der Waals surface area (Å²) in [6.07, 6.45) is 3.46. The van der Waals surface area contributed by atoms with E-state index in [4.69, 9.17) is 21.0 Å². The average molecular weight is 212 g/mol. The van der Waals surface area contributed by atoms with Crippen molar-refractivity contribution in [2.45, 2.75) is 26.3 Å². The summed E-state index contributed by atoms with van der Waals surface area (Å²) in [5, 5.41) is 18.7. The Labute approximate surface area is 88.2 Å². The van der Waals surface area contributed by atoms with Gasteiger partial charge in [0.15, 0.2) is 0 Å². The second-order valence-corrected chi connectivity index (χ2v) is 3.44. The molecule has 0 amide bonds. The van der Waals surface area contributed by atoms with Crippen LogP contribution in [0.4, 0.5) is 0 Å². The van der Waals surface area contributed by atoms with Crippen molar-refractivity contribution in [1.82, 2.24) is 9.78 Å². The number of hydrogen-bond acceptors (Lipinski definition) is 3. The van der Waals surface area contributed by atoms with Crippen LogP contribution in [0.25, 0.3) is 0 Å². The monoisotopic (exact) mass is 212 g/mol.